The number of rotatable bonds is 8. The number of nitrogens with two attached hydrogens (primary N) is 1. The van der Waals surface area contributed by atoms with Crippen LogP contribution in [0.4, 0.5) is 4.39 Å². The molecule has 3 rings (SSSR count). The van der Waals surface area contributed by atoms with Gasteiger partial charge < -0.3 is 10.6 Å². The van der Waals surface area contributed by atoms with E-state index in [-0.39, 0.29) is 42.0 Å². The molecular weight excluding hydrogens is 424 g/mol. The van der Waals surface area contributed by atoms with E-state index >= 15 is 0 Å². The molecule has 1 aliphatic rings. The monoisotopic (exact) mass is 455 g/mol. The Kier molecular flexibility index (Phi) is 11.3. The van der Waals surface area contributed by atoms with Gasteiger partial charge in [0.1, 0.15) is 5.82 Å². The molecule has 7 heteroatoms. The van der Waals surface area contributed by atoms with Crippen molar-refractivity contribution in [2.24, 2.45) is 11.1 Å². The van der Waals surface area contributed by atoms with Gasteiger partial charge in [0, 0.05) is 37.8 Å². The van der Waals surface area contributed by atoms with Crippen molar-refractivity contribution in [3.8, 4) is 0 Å². The van der Waals surface area contributed by atoms with Gasteiger partial charge in [-0.25, -0.2) is 4.39 Å². The summed E-state index contributed by atoms with van der Waals surface area (Å²) in [5, 5.41) is 0. The molecule has 1 saturated carbocycles. The number of carbonyl (C=O) groups excluding carboxylic acids is 1. The number of hydrogen-bond acceptors (Lipinski definition) is 3. The lowest BCUT2D eigenvalue weighted by atomic mass is 9.71. The topological polar surface area (TPSA) is 59.2 Å². The Morgan fingerprint density at radius 1 is 1.07 bits per heavy atom. The number of hydrogen-bond donors (Lipinski definition) is 1. The molecule has 0 spiro atoms. The van der Waals surface area contributed by atoms with Crippen molar-refractivity contribution in [3.05, 3.63) is 65.7 Å². The zero-order valence-corrected chi connectivity index (χ0v) is 18.9. The second-order valence-electron chi connectivity index (χ2n) is 7.95. The number of halogens is 3. The Morgan fingerprint density at radius 3 is 2.37 bits per heavy atom. The maximum atomic E-state index is 13.3. The average molecular weight is 456 g/mol. The molecule has 30 heavy (non-hydrogen) atoms. The maximum absolute atomic E-state index is 13.3. The molecule has 0 unspecified atom stereocenters. The van der Waals surface area contributed by atoms with Crippen LogP contribution in [-0.4, -0.2) is 28.9 Å². The van der Waals surface area contributed by atoms with E-state index < -0.39 is 0 Å². The highest BCUT2D eigenvalue weighted by Crippen LogP contribution is 2.38. The van der Waals surface area contributed by atoms with Crippen molar-refractivity contribution in [1.29, 1.82) is 0 Å². The lowest BCUT2D eigenvalue weighted by Gasteiger charge is -2.37. The highest BCUT2D eigenvalue weighted by atomic mass is 35.5. The van der Waals surface area contributed by atoms with Crippen molar-refractivity contribution < 1.29 is 9.18 Å². The maximum Gasteiger partial charge on any atom is 0.223 e. The molecule has 1 heterocycles. The van der Waals surface area contributed by atoms with Crippen LogP contribution in [0.5, 0.6) is 0 Å². The summed E-state index contributed by atoms with van der Waals surface area (Å²) in [5.74, 6) is -0.132. The largest absolute Gasteiger partial charge is 0.338 e. The van der Waals surface area contributed by atoms with Crippen LogP contribution >= 0.6 is 24.8 Å². The standard InChI is InChI=1S/C23H30FN3O.2ClH/c24-20-9-7-19(8-10-20)17-27(15-11-21-6-2-5-14-26-21)22(28)16-23(18-25)12-3-1-4-13-23;;/h2,5-10,14H,1,3-4,11-13,15-18,25H2;2*1H. The number of benzene rings is 1. The van der Waals surface area contributed by atoms with Gasteiger partial charge in [0.15, 0.2) is 0 Å². The van der Waals surface area contributed by atoms with E-state index in [1.54, 1.807) is 18.3 Å². The van der Waals surface area contributed by atoms with E-state index in [1.807, 2.05) is 23.1 Å². The zero-order valence-electron chi connectivity index (χ0n) is 17.3. The number of amides is 1. The first-order valence-electron chi connectivity index (χ1n) is 10.2. The molecule has 1 fully saturated rings. The Morgan fingerprint density at radius 2 is 1.77 bits per heavy atom. The van der Waals surface area contributed by atoms with E-state index in [2.05, 4.69) is 4.98 Å². The molecule has 1 aromatic carbocycles. The summed E-state index contributed by atoms with van der Waals surface area (Å²) in [6, 6.07) is 12.2. The molecule has 1 amide bonds. The predicted octanol–water partition coefficient (Wildman–Crippen LogP) is 4.93. The first-order chi connectivity index (χ1) is 13.6. The molecule has 166 valence electrons. The summed E-state index contributed by atoms with van der Waals surface area (Å²) in [6.45, 7) is 1.63. The molecule has 0 radical (unpaired) electrons. The first-order valence-corrected chi connectivity index (χ1v) is 10.2. The quantitative estimate of drug-likeness (QED) is 0.613. The minimum atomic E-state index is -0.264. The number of aromatic nitrogens is 1. The summed E-state index contributed by atoms with van der Waals surface area (Å²) >= 11 is 0. The lowest BCUT2D eigenvalue weighted by Crippen LogP contribution is -2.41. The smallest absolute Gasteiger partial charge is 0.223 e. The molecular formula is C23H32Cl2FN3O. The van der Waals surface area contributed by atoms with Crippen LogP contribution in [0.15, 0.2) is 48.7 Å². The summed E-state index contributed by atoms with van der Waals surface area (Å²) in [5.41, 5.74) is 7.93. The third kappa shape index (κ3) is 7.53. The Hall–Kier alpha value is -1.69. The first kappa shape index (κ1) is 26.3. The molecule has 2 N–H and O–H groups in total. The van der Waals surface area contributed by atoms with E-state index in [1.165, 1.54) is 18.6 Å². The molecule has 4 nitrogen and oxygen atoms in total. The van der Waals surface area contributed by atoms with Crippen LogP contribution in [0.2, 0.25) is 0 Å². The van der Waals surface area contributed by atoms with Crippen LogP contribution in [0.1, 0.15) is 49.8 Å². The molecule has 0 atom stereocenters. The van der Waals surface area contributed by atoms with E-state index in [4.69, 9.17) is 5.73 Å². The fraction of sp³-hybridized carbons (Fsp3) is 0.478. The van der Waals surface area contributed by atoms with Crippen LogP contribution < -0.4 is 5.73 Å². The second kappa shape index (κ2) is 12.9. The third-order valence-electron chi connectivity index (χ3n) is 5.88. The minimum absolute atomic E-state index is 0. The van der Waals surface area contributed by atoms with Crippen molar-refractivity contribution in [2.45, 2.75) is 51.5 Å². The van der Waals surface area contributed by atoms with Gasteiger partial charge in [-0.3, -0.25) is 9.78 Å². The summed E-state index contributed by atoms with van der Waals surface area (Å²) in [6.07, 6.45) is 8.55. The van der Waals surface area contributed by atoms with Crippen LogP contribution in [-0.2, 0) is 17.8 Å². The fourth-order valence-corrected chi connectivity index (χ4v) is 4.09. The van der Waals surface area contributed by atoms with Crippen molar-refractivity contribution in [2.75, 3.05) is 13.1 Å². The van der Waals surface area contributed by atoms with Crippen molar-refractivity contribution >= 4 is 30.7 Å². The molecule has 1 aromatic heterocycles. The predicted molar refractivity (Wildman–Crippen MR) is 123 cm³/mol. The van der Waals surface area contributed by atoms with E-state index in [9.17, 15) is 9.18 Å². The minimum Gasteiger partial charge on any atom is -0.338 e. The summed E-state index contributed by atoms with van der Waals surface area (Å²) < 4.78 is 13.3. The van der Waals surface area contributed by atoms with Crippen molar-refractivity contribution in [1.82, 2.24) is 9.88 Å². The Balaban J connectivity index is 0.00000225. The van der Waals surface area contributed by atoms with Gasteiger partial charge >= 0.3 is 0 Å². The van der Waals surface area contributed by atoms with E-state index in [0.29, 0.717) is 32.5 Å². The molecule has 0 bridgehead atoms. The third-order valence-corrected chi connectivity index (χ3v) is 5.88. The molecule has 1 aliphatic carbocycles. The normalized spacial score (nSPS) is 14.9. The van der Waals surface area contributed by atoms with Gasteiger partial charge in [-0.05, 0) is 54.6 Å². The van der Waals surface area contributed by atoms with E-state index in [0.717, 1.165) is 36.9 Å². The van der Waals surface area contributed by atoms with Gasteiger partial charge in [-0.2, -0.15) is 0 Å². The Bertz CT molecular complexity index is 753. The highest BCUT2D eigenvalue weighted by Gasteiger charge is 2.34. The van der Waals surface area contributed by atoms with Crippen molar-refractivity contribution in [3.63, 3.8) is 0 Å². The van der Waals surface area contributed by atoms with Gasteiger partial charge in [-0.15, -0.1) is 24.8 Å². The highest BCUT2D eigenvalue weighted by molar-refractivity contribution is 5.85. The van der Waals surface area contributed by atoms with Crippen LogP contribution in [0.3, 0.4) is 0 Å². The fourth-order valence-electron chi connectivity index (χ4n) is 4.09. The number of pyridine rings is 1. The average Bonchev–Trinajstić information content (AvgIpc) is 2.74. The number of nitrogens with zero attached hydrogens (tertiary/aromatic N) is 2. The SMILES string of the molecule is Cl.Cl.NCC1(CC(=O)N(CCc2ccccn2)Cc2ccc(F)cc2)CCCCC1. The second-order valence-corrected chi connectivity index (χ2v) is 7.95. The Labute approximate surface area is 191 Å². The van der Waals surface area contributed by atoms with Gasteiger partial charge in [0.05, 0.1) is 0 Å². The lowest BCUT2D eigenvalue weighted by molar-refractivity contribution is -0.134. The zero-order chi connectivity index (χ0) is 19.8. The molecule has 2 aromatic rings. The van der Waals surface area contributed by atoms with Gasteiger partial charge in [-0.1, -0.05) is 37.5 Å². The van der Waals surface area contributed by atoms with Gasteiger partial charge in [0.2, 0.25) is 5.91 Å². The van der Waals surface area contributed by atoms with Crippen LogP contribution in [0, 0.1) is 11.2 Å². The van der Waals surface area contributed by atoms with Crippen LogP contribution in [0.25, 0.3) is 0 Å². The molecule has 0 saturated heterocycles. The summed E-state index contributed by atoms with van der Waals surface area (Å²) in [7, 11) is 0. The molecule has 0 aliphatic heterocycles. The number of carbonyl (C=O) groups is 1. The van der Waals surface area contributed by atoms with Gasteiger partial charge in [0.25, 0.3) is 0 Å². The summed E-state index contributed by atoms with van der Waals surface area (Å²) in [4.78, 5) is 19.5.